The van der Waals surface area contributed by atoms with Crippen LogP contribution in [0.5, 0.6) is 0 Å². The summed E-state index contributed by atoms with van der Waals surface area (Å²) in [5, 5.41) is 26.8. The van der Waals surface area contributed by atoms with Crippen molar-refractivity contribution < 1.29 is 29.7 Å². The van der Waals surface area contributed by atoms with Gasteiger partial charge in [0.05, 0.1) is 0 Å². The summed E-state index contributed by atoms with van der Waals surface area (Å²) in [4.78, 5) is 33.6. The standard InChI is InChI=1S/C13H15NO6/c15-11(16)7-6-10(12(17)18)14(13(19)20)8-9-4-2-1-3-5-9/h1-5,10H,6-8H2,(H,15,16)(H,17,18)(H,19,20)/t10-/m0/s1. The first-order chi connectivity index (χ1) is 9.41. The molecule has 0 unspecified atom stereocenters. The van der Waals surface area contributed by atoms with Crippen molar-refractivity contribution in [2.75, 3.05) is 0 Å². The Labute approximate surface area is 115 Å². The minimum atomic E-state index is -1.40. The van der Waals surface area contributed by atoms with E-state index in [0.29, 0.717) is 5.56 Å². The van der Waals surface area contributed by atoms with E-state index in [1.807, 2.05) is 0 Å². The van der Waals surface area contributed by atoms with Crippen LogP contribution in [0, 0.1) is 0 Å². The molecule has 108 valence electrons. The van der Waals surface area contributed by atoms with Gasteiger partial charge in [0.2, 0.25) is 0 Å². The van der Waals surface area contributed by atoms with E-state index in [0.717, 1.165) is 4.90 Å². The van der Waals surface area contributed by atoms with Crippen LogP contribution in [0.15, 0.2) is 30.3 Å². The first kappa shape index (κ1) is 15.5. The monoisotopic (exact) mass is 281 g/mol. The molecule has 0 radical (unpaired) electrons. The molecule has 0 aliphatic carbocycles. The van der Waals surface area contributed by atoms with Crippen molar-refractivity contribution in [1.82, 2.24) is 4.90 Å². The third kappa shape index (κ3) is 4.60. The second-order valence-electron chi connectivity index (χ2n) is 4.18. The molecule has 0 saturated carbocycles. The zero-order valence-corrected chi connectivity index (χ0v) is 10.6. The van der Waals surface area contributed by atoms with Crippen molar-refractivity contribution in [1.29, 1.82) is 0 Å². The van der Waals surface area contributed by atoms with Gasteiger partial charge in [-0.3, -0.25) is 9.69 Å². The van der Waals surface area contributed by atoms with Crippen LogP contribution in [-0.4, -0.2) is 44.3 Å². The van der Waals surface area contributed by atoms with Gasteiger partial charge in [-0.05, 0) is 12.0 Å². The summed E-state index contributed by atoms with van der Waals surface area (Å²) in [6, 6.07) is 7.14. The molecule has 0 aliphatic heterocycles. The molecule has 1 amide bonds. The smallest absolute Gasteiger partial charge is 0.408 e. The lowest BCUT2D eigenvalue weighted by Crippen LogP contribution is -2.44. The van der Waals surface area contributed by atoms with E-state index in [9.17, 15) is 14.4 Å². The molecule has 7 heteroatoms. The minimum Gasteiger partial charge on any atom is -0.481 e. The molecule has 20 heavy (non-hydrogen) atoms. The molecule has 0 fully saturated rings. The highest BCUT2D eigenvalue weighted by molar-refractivity contribution is 5.80. The molecule has 1 aromatic rings. The van der Waals surface area contributed by atoms with Crippen LogP contribution in [0.3, 0.4) is 0 Å². The molecule has 1 rings (SSSR count). The first-order valence-electron chi connectivity index (χ1n) is 5.90. The number of carbonyl (C=O) groups is 3. The molecule has 0 saturated heterocycles. The number of nitrogens with zero attached hydrogens (tertiary/aromatic N) is 1. The van der Waals surface area contributed by atoms with E-state index in [1.54, 1.807) is 30.3 Å². The maximum atomic E-state index is 11.2. The van der Waals surface area contributed by atoms with Crippen LogP contribution in [0.2, 0.25) is 0 Å². The molecule has 1 atom stereocenters. The lowest BCUT2D eigenvalue weighted by molar-refractivity contribution is -0.144. The topological polar surface area (TPSA) is 115 Å². The Kier molecular flexibility index (Phi) is 5.52. The quantitative estimate of drug-likeness (QED) is 0.697. The summed E-state index contributed by atoms with van der Waals surface area (Å²) in [6.07, 6.45) is -2.08. The second-order valence-corrected chi connectivity index (χ2v) is 4.18. The zero-order valence-electron chi connectivity index (χ0n) is 10.6. The third-order valence-electron chi connectivity index (χ3n) is 2.73. The fraction of sp³-hybridized carbons (Fsp3) is 0.308. The molecule has 1 aromatic carbocycles. The Morgan fingerprint density at radius 2 is 1.65 bits per heavy atom. The zero-order chi connectivity index (χ0) is 15.1. The van der Waals surface area contributed by atoms with Gasteiger partial charge in [0.25, 0.3) is 0 Å². The number of hydrogen-bond donors (Lipinski definition) is 3. The Morgan fingerprint density at radius 3 is 2.10 bits per heavy atom. The predicted octanol–water partition coefficient (Wildman–Crippen LogP) is 1.48. The van der Waals surface area contributed by atoms with E-state index in [4.69, 9.17) is 15.3 Å². The Morgan fingerprint density at radius 1 is 1.05 bits per heavy atom. The lowest BCUT2D eigenvalue weighted by atomic mass is 10.1. The van der Waals surface area contributed by atoms with Gasteiger partial charge in [0.15, 0.2) is 0 Å². The van der Waals surface area contributed by atoms with Gasteiger partial charge in [0, 0.05) is 13.0 Å². The summed E-state index contributed by atoms with van der Waals surface area (Å²) >= 11 is 0. The normalized spacial score (nSPS) is 11.6. The lowest BCUT2D eigenvalue weighted by Gasteiger charge is -2.26. The molecule has 0 bridgehead atoms. The Bertz CT molecular complexity index is 487. The largest absolute Gasteiger partial charge is 0.481 e. The van der Waals surface area contributed by atoms with E-state index >= 15 is 0 Å². The average Bonchev–Trinajstić information content (AvgIpc) is 2.38. The van der Waals surface area contributed by atoms with Crippen molar-refractivity contribution >= 4 is 18.0 Å². The van der Waals surface area contributed by atoms with Gasteiger partial charge in [-0.2, -0.15) is 0 Å². The summed E-state index contributed by atoms with van der Waals surface area (Å²) in [5.74, 6) is -2.52. The van der Waals surface area contributed by atoms with Crippen molar-refractivity contribution in [2.24, 2.45) is 0 Å². The van der Waals surface area contributed by atoms with E-state index in [2.05, 4.69) is 0 Å². The minimum absolute atomic E-state index is 0.104. The maximum absolute atomic E-state index is 11.2. The van der Waals surface area contributed by atoms with Crippen LogP contribution >= 0.6 is 0 Å². The van der Waals surface area contributed by atoms with Crippen molar-refractivity contribution in [2.45, 2.75) is 25.4 Å². The van der Waals surface area contributed by atoms with Crippen molar-refractivity contribution in [3.8, 4) is 0 Å². The van der Waals surface area contributed by atoms with E-state index in [-0.39, 0.29) is 13.0 Å². The molecular weight excluding hydrogens is 266 g/mol. The highest BCUT2D eigenvalue weighted by Crippen LogP contribution is 2.13. The summed E-state index contributed by atoms with van der Waals surface area (Å²) in [6.45, 7) is -0.104. The van der Waals surface area contributed by atoms with Crippen LogP contribution < -0.4 is 0 Å². The summed E-state index contributed by atoms with van der Waals surface area (Å²) < 4.78 is 0. The number of amides is 1. The fourth-order valence-corrected chi connectivity index (χ4v) is 1.76. The molecule has 7 nitrogen and oxygen atoms in total. The highest BCUT2D eigenvalue weighted by atomic mass is 16.4. The van der Waals surface area contributed by atoms with Crippen LogP contribution in [0.25, 0.3) is 0 Å². The van der Waals surface area contributed by atoms with Crippen molar-refractivity contribution in [3.63, 3.8) is 0 Å². The van der Waals surface area contributed by atoms with Crippen molar-refractivity contribution in [3.05, 3.63) is 35.9 Å². The Hall–Kier alpha value is -2.57. The van der Waals surface area contributed by atoms with Crippen LogP contribution in [-0.2, 0) is 16.1 Å². The number of rotatable bonds is 7. The summed E-state index contributed by atoms with van der Waals surface area (Å²) in [7, 11) is 0. The van der Waals surface area contributed by atoms with E-state index in [1.165, 1.54) is 0 Å². The molecule has 3 N–H and O–H groups in total. The average molecular weight is 281 g/mol. The Balaban J connectivity index is 2.88. The first-order valence-corrected chi connectivity index (χ1v) is 5.90. The van der Waals surface area contributed by atoms with Crippen LogP contribution in [0.1, 0.15) is 18.4 Å². The van der Waals surface area contributed by atoms with Gasteiger partial charge in [0.1, 0.15) is 6.04 Å². The SMILES string of the molecule is O=C(O)CC[C@@H](C(=O)O)N(Cc1ccccc1)C(=O)O. The number of aliphatic carboxylic acids is 2. The van der Waals surface area contributed by atoms with Gasteiger partial charge in [-0.25, -0.2) is 9.59 Å². The molecule has 0 heterocycles. The summed E-state index contributed by atoms with van der Waals surface area (Å²) in [5.41, 5.74) is 0.636. The number of hydrogen-bond acceptors (Lipinski definition) is 3. The highest BCUT2D eigenvalue weighted by Gasteiger charge is 2.30. The number of carboxylic acid groups (broad SMARTS) is 3. The number of benzene rings is 1. The van der Waals surface area contributed by atoms with E-state index < -0.39 is 30.5 Å². The van der Waals surface area contributed by atoms with Gasteiger partial charge in [-0.1, -0.05) is 30.3 Å². The fourth-order valence-electron chi connectivity index (χ4n) is 1.76. The third-order valence-corrected chi connectivity index (χ3v) is 2.73. The van der Waals surface area contributed by atoms with Gasteiger partial charge in [-0.15, -0.1) is 0 Å². The van der Waals surface area contributed by atoms with Gasteiger partial charge < -0.3 is 15.3 Å². The maximum Gasteiger partial charge on any atom is 0.408 e. The molecule has 0 aromatic heterocycles. The molecule has 0 aliphatic rings. The molecule has 0 spiro atoms. The second kappa shape index (κ2) is 7.13. The van der Waals surface area contributed by atoms with Gasteiger partial charge >= 0.3 is 18.0 Å². The van der Waals surface area contributed by atoms with Crippen LogP contribution in [0.4, 0.5) is 4.79 Å². The molecular formula is C13H15NO6. The number of carboxylic acids is 2. The predicted molar refractivity (Wildman–Crippen MR) is 68.3 cm³/mol.